The van der Waals surface area contributed by atoms with E-state index in [1.165, 1.54) is 399 Å². The normalized spacial score (nSPS) is 21.3. The highest BCUT2D eigenvalue weighted by Gasteiger charge is 2.38. The molecule has 0 amide bonds. The number of rotatable bonds is 14. The molecule has 0 unspecified atom stereocenters. The van der Waals surface area contributed by atoms with Crippen LogP contribution in [0.25, 0.3) is 88.1 Å². The lowest BCUT2D eigenvalue weighted by Crippen LogP contribution is -2.35. The van der Waals surface area contributed by atoms with E-state index in [2.05, 4.69) is 254 Å². The van der Waals surface area contributed by atoms with Gasteiger partial charge in [0.05, 0.1) is 43.7 Å². The van der Waals surface area contributed by atoms with Gasteiger partial charge in [-0.1, -0.05) is 237 Å². The minimum atomic E-state index is 0.322. The van der Waals surface area contributed by atoms with E-state index >= 15 is 0 Å². The smallest absolute Gasteiger partial charge is 0.200 e. The van der Waals surface area contributed by atoms with Crippen LogP contribution < -0.4 is 18.3 Å². The molecule has 4 aromatic heterocycles. The average Bonchev–Trinajstić information content (AvgIpc) is 1.75. The lowest BCUT2D eigenvalue weighted by Gasteiger charge is -2.34. The van der Waals surface area contributed by atoms with Crippen LogP contribution >= 0.6 is 0 Å². The van der Waals surface area contributed by atoms with Crippen molar-refractivity contribution in [3.63, 3.8) is 0 Å². The Kier molecular flexibility index (Phi) is 28.6. The SMILES string of the molecule is [2H]c1c(C)[n+](C)c(-c2cc(C3CCCCC3)cc(C)c2C)c2ccc(C3CCC(C)(C)CC3)cc12.[2H]c1c(C)[n+](C)c(-c2cc(C3CCCCC3)ccc2C)c2ccc(C3CCC(C)(C)CC3)cc12.[2H]c1c([2H])[n+](C)c(-c2cc(C3CCCC3)cc(C3CCCC3)c2C)c2ccc(C3CCC(C)(C)CC3)cc12.[2H]c1c([2H])[n+](C)c(-c2cc(C3CCCCC3)cc(C3CCCCC3)c2C)c2ccc(C3CCC(C)(C)CC3)cc12. The Morgan fingerprint density at radius 2 is 0.482 bits per heavy atom. The molecule has 141 heavy (non-hydrogen) atoms. The zero-order valence-electron chi connectivity index (χ0n) is 97.3. The Hall–Kier alpha value is -8.60. The molecule has 746 valence electrons. The van der Waals surface area contributed by atoms with E-state index in [-0.39, 0.29) is 0 Å². The zero-order chi connectivity index (χ0) is 104. The molecule has 0 N–H and O–H groups in total. The van der Waals surface area contributed by atoms with E-state index in [0.717, 1.165) is 55.1 Å². The first-order chi connectivity index (χ1) is 70.4. The van der Waals surface area contributed by atoms with E-state index < -0.39 is 0 Å². The highest BCUT2D eigenvalue weighted by Crippen LogP contribution is 2.53. The molecule has 22 rings (SSSR count). The monoisotopic (exact) mass is 1890 g/mol. The second-order valence-electron chi connectivity index (χ2n) is 51.0. The Morgan fingerprint density at radius 3 is 0.816 bits per heavy atom. The van der Waals surface area contributed by atoms with Gasteiger partial charge >= 0.3 is 0 Å². The molecule has 4 heterocycles. The van der Waals surface area contributed by atoms with Crippen molar-refractivity contribution in [2.45, 2.75) is 446 Å². The van der Waals surface area contributed by atoms with E-state index in [9.17, 15) is 0 Å². The number of pyridine rings is 4. The number of nitrogens with zero attached hydrogens (tertiary/aromatic N) is 4. The first-order valence-electron chi connectivity index (χ1n) is 60.6. The molecule has 10 saturated carbocycles. The molecule has 10 fully saturated rings. The lowest BCUT2D eigenvalue weighted by atomic mass is 9.71. The van der Waals surface area contributed by atoms with Crippen molar-refractivity contribution in [3.05, 3.63) is 259 Å². The average molecular weight is 1890 g/mol. The van der Waals surface area contributed by atoms with E-state index in [4.69, 9.17) is 8.22 Å². The van der Waals surface area contributed by atoms with Crippen LogP contribution in [0.1, 0.15) is 500 Å². The molecule has 0 aliphatic heterocycles. The first-order valence-corrected chi connectivity index (χ1v) is 57.6. The van der Waals surface area contributed by atoms with Crippen molar-refractivity contribution in [3.8, 4) is 45.0 Å². The molecule has 0 atom stereocenters. The predicted octanol–water partition coefficient (Wildman–Crippen LogP) is 37.7. The molecule has 0 saturated heterocycles. The molecule has 0 spiro atoms. The van der Waals surface area contributed by atoms with Crippen molar-refractivity contribution < 1.29 is 26.5 Å². The maximum Gasteiger partial charge on any atom is 0.220 e. The van der Waals surface area contributed by atoms with Gasteiger partial charge in [-0.2, -0.15) is 9.13 Å². The number of aryl methyl sites for hydroxylation is 2. The van der Waals surface area contributed by atoms with Gasteiger partial charge in [-0.05, 0) is 449 Å². The molecule has 10 aliphatic rings. The number of aromatic nitrogens is 4. The number of benzene rings is 8. The summed E-state index contributed by atoms with van der Waals surface area (Å²) in [6, 6.07) is 52.3. The van der Waals surface area contributed by atoms with Crippen molar-refractivity contribution in [2.24, 2.45) is 49.9 Å². The Bertz CT molecular complexity index is 6820. The van der Waals surface area contributed by atoms with Gasteiger partial charge in [0.2, 0.25) is 22.8 Å². The Balaban J connectivity index is 0.000000124. The van der Waals surface area contributed by atoms with Gasteiger partial charge < -0.3 is 0 Å². The van der Waals surface area contributed by atoms with Gasteiger partial charge in [-0.25, -0.2) is 9.13 Å². The highest BCUT2D eigenvalue weighted by atomic mass is 15.0. The van der Waals surface area contributed by atoms with Crippen LogP contribution in [0.4, 0.5) is 0 Å². The van der Waals surface area contributed by atoms with Crippen molar-refractivity contribution in [2.75, 3.05) is 0 Å². The van der Waals surface area contributed by atoms with E-state index in [1.54, 1.807) is 11.1 Å². The summed E-state index contributed by atoms with van der Waals surface area (Å²) in [5, 5.41) is 8.89. The molecule has 4 heteroatoms. The minimum absolute atomic E-state index is 0.322. The van der Waals surface area contributed by atoms with Crippen molar-refractivity contribution >= 4 is 43.1 Å². The van der Waals surface area contributed by atoms with Crippen LogP contribution in [0, 0.1) is 70.1 Å². The number of hydrogen-bond donors (Lipinski definition) is 0. The molecule has 12 aromatic rings. The molecular formula is C137H182N4+4. The van der Waals surface area contributed by atoms with Gasteiger partial charge in [-0.3, -0.25) is 0 Å². The van der Waals surface area contributed by atoms with Crippen molar-refractivity contribution in [1.29, 1.82) is 0 Å². The highest BCUT2D eigenvalue weighted by molar-refractivity contribution is 5.98. The van der Waals surface area contributed by atoms with E-state index in [0.29, 0.717) is 117 Å². The summed E-state index contributed by atoms with van der Waals surface area (Å²) in [5.74, 6) is 6.42. The second kappa shape index (κ2) is 43.2. The molecular weight excluding hydrogens is 1700 g/mol. The van der Waals surface area contributed by atoms with Crippen LogP contribution in [0.3, 0.4) is 0 Å². The van der Waals surface area contributed by atoms with Gasteiger partial charge in [0.1, 0.15) is 30.9 Å². The third kappa shape index (κ3) is 22.5. The molecule has 10 aliphatic carbocycles. The maximum absolute atomic E-state index is 9.04. The summed E-state index contributed by atoms with van der Waals surface area (Å²) in [4.78, 5) is 0. The summed E-state index contributed by atoms with van der Waals surface area (Å²) in [7, 11) is 8.32. The standard InChI is InChI=1S/C37H50N.C35H46N.C33H44N.C32H42N/c1-26-34(29-13-9-6-10-14-29)24-32(27-11-7-5-8-12-27)25-35(26)36-33-16-15-30(23-31(33)19-22-38(36)4)28-17-20-37(2,3)21-18-28;1-24-32(27-11-7-8-12-27)22-30(25-9-5-6-10-25)23-33(24)34-31-14-13-28(21-29(31)17-20-36(34)4)26-15-18-35(2,3)19-16-26;1-22-18-28(25-10-8-7-9-11-25)21-31(24(22)3)32-30-13-12-27(20-29(30)19-23(2)34(32)6)26-14-16-33(4,5)17-15-26;1-22-11-12-27(24-9-7-6-8-10-24)21-30(22)31-29-14-13-26(20-28(29)19-23(2)33(31)5)25-15-17-32(3,4)18-16-25/h15-16,19,22-25,27-29H,5-14,17-18,20-21H2,1-4H3;13-14,17,20-23,25-27H,5-12,15-16,18-19H2,1-4H3;12-13,18-21,25-26H,7-11,14-17H2,1-6H3;11-14,19-21,24-25H,6-10,15-18H2,1-5H3/q4*+1/i19D,22D;17D,20D;2*19D. The molecule has 8 aromatic carbocycles. The molecule has 0 radical (unpaired) electrons. The van der Waals surface area contributed by atoms with Crippen molar-refractivity contribution in [1.82, 2.24) is 0 Å². The minimum Gasteiger partial charge on any atom is -0.200 e. The van der Waals surface area contributed by atoms with Gasteiger partial charge in [0.15, 0.2) is 23.7 Å². The topological polar surface area (TPSA) is 15.5 Å². The summed E-state index contributed by atoms with van der Waals surface area (Å²) < 4.78 is 62.6. The number of fused-ring (bicyclic) bond motifs is 4. The number of hydrogen-bond acceptors (Lipinski definition) is 0. The zero-order valence-corrected chi connectivity index (χ0v) is 91.3. The lowest BCUT2D eigenvalue weighted by molar-refractivity contribution is -0.665. The van der Waals surface area contributed by atoms with Gasteiger partial charge in [0.25, 0.3) is 0 Å². The summed E-state index contributed by atoms with van der Waals surface area (Å²) in [5.41, 5.74) is 35.7. The molecule has 4 nitrogen and oxygen atoms in total. The molecule has 0 bridgehead atoms. The Morgan fingerprint density at radius 1 is 0.234 bits per heavy atom. The Labute approximate surface area is 863 Å². The third-order valence-corrected chi connectivity index (χ3v) is 38.9. The van der Waals surface area contributed by atoms with Crippen LogP contribution in [-0.2, 0) is 28.2 Å². The van der Waals surface area contributed by atoms with Crippen LogP contribution in [0.15, 0.2) is 164 Å². The summed E-state index contributed by atoms with van der Waals surface area (Å²) in [6.07, 6.45) is 58.2. The third-order valence-electron chi connectivity index (χ3n) is 38.9. The van der Waals surface area contributed by atoms with Crippen LogP contribution in [-0.4, -0.2) is 0 Å². The quantitative estimate of drug-likeness (QED) is 0.0965. The fraction of sp³-hybridized carbons (Fsp3) is 0.562. The maximum atomic E-state index is 9.04. The predicted molar refractivity (Wildman–Crippen MR) is 601 cm³/mol. The fourth-order valence-electron chi connectivity index (χ4n) is 28.8. The van der Waals surface area contributed by atoms with Crippen LogP contribution in [0.5, 0.6) is 0 Å². The first kappa shape index (κ1) is 93.5. The summed E-state index contributed by atoms with van der Waals surface area (Å²) in [6.45, 7) is 34.9. The van der Waals surface area contributed by atoms with Crippen LogP contribution in [0.2, 0.25) is 0 Å². The largest absolute Gasteiger partial charge is 0.220 e. The van der Waals surface area contributed by atoms with E-state index in [1.807, 2.05) is 23.2 Å². The van der Waals surface area contributed by atoms with Gasteiger partial charge in [0, 0.05) is 43.6 Å². The van der Waals surface area contributed by atoms with Gasteiger partial charge in [-0.15, -0.1) is 0 Å². The fourth-order valence-corrected chi connectivity index (χ4v) is 28.8. The summed E-state index contributed by atoms with van der Waals surface area (Å²) >= 11 is 0. The second-order valence-corrected chi connectivity index (χ2v) is 51.0.